The van der Waals surface area contributed by atoms with Gasteiger partial charge in [0.15, 0.2) is 12.4 Å². The van der Waals surface area contributed by atoms with Gasteiger partial charge in [-0.05, 0) is 39.8 Å². The number of pyridine rings is 2. The molecule has 3 heteroatoms. The summed E-state index contributed by atoms with van der Waals surface area (Å²) in [6, 6.07) is 13.3. The predicted octanol–water partition coefficient (Wildman–Crippen LogP) is 4.39. The molecule has 142 valence electrons. The highest BCUT2D eigenvalue weighted by molar-refractivity contribution is 6.04. The van der Waals surface area contributed by atoms with Crippen molar-refractivity contribution in [2.24, 2.45) is 21.1 Å². The van der Waals surface area contributed by atoms with Crippen LogP contribution >= 0.6 is 0 Å². The molecule has 3 nitrogen and oxygen atoms in total. The maximum Gasteiger partial charge on any atom is 0.232 e. The molecular weight excluding hydrogens is 342 g/mol. The van der Waals surface area contributed by atoms with Crippen molar-refractivity contribution in [3.63, 3.8) is 0 Å². The molecule has 0 spiro atoms. The molecule has 0 N–H and O–H groups in total. The van der Waals surface area contributed by atoms with Crippen molar-refractivity contribution in [1.29, 1.82) is 0 Å². The minimum atomic E-state index is 1.27. The second-order valence-corrected chi connectivity index (χ2v) is 8.12. The summed E-state index contributed by atoms with van der Waals surface area (Å²) in [5, 5.41) is 2.59. The summed E-state index contributed by atoms with van der Waals surface area (Å²) in [4.78, 5) is 0. The first-order valence-electron chi connectivity index (χ1n) is 9.81. The third-order valence-electron chi connectivity index (χ3n) is 5.69. The van der Waals surface area contributed by atoms with Crippen LogP contribution in [-0.2, 0) is 21.1 Å². The first-order valence-corrected chi connectivity index (χ1v) is 9.81. The minimum Gasteiger partial charge on any atom is -0.333 e. The van der Waals surface area contributed by atoms with Gasteiger partial charge < -0.3 is 4.57 Å². The smallest absolute Gasteiger partial charge is 0.232 e. The highest BCUT2D eigenvalue weighted by Crippen LogP contribution is 2.38. The summed E-state index contributed by atoms with van der Waals surface area (Å²) in [6.45, 7) is 8.73. The lowest BCUT2D eigenvalue weighted by atomic mass is 10.0. The van der Waals surface area contributed by atoms with Crippen LogP contribution in [0, 0.1) is 27.7 Å². The molecule has 0 saturated heterocycles. The Labute approximate surface area is 167 Å². The van der Waals surface area contributed by atoms with E-state index >= 15 is 0 Å². The zero-order valence-electron chi connectivity index (χ0n) is 18.0. The van der Waals surface area contributed by atoms with E-state index in [1.165, 1.54) is 55.8 Å². The lowest BCUT2D eigenvalue weighted by Gasteiger charge is -2.10. The summed E-state index contributed by atoms with van der Waals surface area (Å²) in [6.07, 6.45) is 4.42. The molecular formula is C25H29N3+2. The standard InChI is InChI=1S/C25H29N3/c1-16-12-18(3)22(26(5)14-16)24-20-10-8-9-11-21(20)25(28(24)7)23-19(4)13-17(2)15-27(23)6/h8-15H,1-7H3/q+2. The Morgan fingerprint density at radius 1 is 0.679 bits per heavy atom. The number of benzene rings is 1. The van der Waals surface area contributed by atoms with Gasteiger partial charge in [0.2, 0.25) is 11.4 Å². The molecule has 4 aromatic rings. The van der Waals surface area contributed by atoms with E-state index in [1.54, 1.807) is 0 Å². The van der Waals surface area contributed by atoms with Gasteiger partial charge >= 0.3 is 0 Å². The van der Waals surface area contributed by atoms with Gasteiger partial charge in [-0.15, -0.1) is 0 Å². The number of hydrogen-bond donors (Lipinski definition) is 0. The molecule has 0 saturated carbocycles. The number of aryl methyl sites for hydroxylation is 6. The average molecular weight is 372 g/mol. The molecule has 0 unspecified atom stereocenters. The Balaban J connectivity index is 2.15. The van der Waals surface area contributed by atoms with Crippen LogP contribution in [0.2, 0.25) is 0 Å². The quantitative estimate of drug-likeness (QED) is 0.464. The largest absolute Gasteiger partial charge is 0.333 e. The molecule has 3 aromatic heterocycles. The van der Waals surface area contributed by atoms with Gasteiger partial charge in [0, 0.05) is 40.1 Å². The normalized spacial score (nSPS) is 11.4. The maximum absolute atomic E-state index is 2.38. The molecule has 4 rings (SSSR count). The van der Waals surface area contributed by atoms with E-state index < -0.39 is 0 Å². The third-order valence-corrected chi connectivity index (χ3v) is 5.69. The highest BCUT2D eigenvalue weighted by atomic mass is 15.0. The second-order valence-electron chi connectivity index (χ2n) is 8.12. The molecule has 0 aliphatic rings. The lowest BCUT2D eigenvalue weighted by Crippen LogP contribution is -2.34. The fourth-order valence-corrected chi connectivity index (χ4v) is 4.84. The summed E-state index contributed by atoms with van der Waals surface area (Å²) in [7, 11) is 6.49. The van der Waals surface area contributed by atoms with Crippen molar-refractivity contribution in [3.8, 4) is 22.8 Å². The van der Waals surface area contributed by atoms with Gasteiger partial charge in [-0.25, -0.2) is 0 Å². The molecule has 0 aliphatic heterocycles. The van der Waals surface area contributed by atoms with Crippen LogP contribution < -0.4 is 9.13 Å². The minimum absolute atomic E-state index is 1.27. The summed E-state index contributed by atoms with van der Waals surface area (Å²) in [5.41, 5.74) is 10.2. The van der Waals surface area contributed by atoms with Crippen LogP contribution in [0.4, 0.5) is 0 Å². The van der Waals surface area contributed by atoms with E-state index in [0.29, 0.717) is 0 Å². The van der Waals surface area contributed by atoms with Gasteiger partial charge in [-0.1, -0.05) is 24.3 Å². The number of fused-ring (bicyclic) bond motifs is 1. The average Bonchev–Trinajstić information content (AvgIpc) is 2.87. The van der Waals surface area contributed by atoms with Gasteiger partial charge in [-0.3, -0.25) is 0 Å². The highest BCUT2D eigenvalue weighted by Gasteiger charge is 2.28. The number of nitrogens with zero attached hydrogens (tertiary/aromatic N) is 3. The van der Waals surface area contributed by atoms with Crippen molar-refractivity contribution in [2.45, 2.75) is 27.7 Å². The van der Waals surface area contributed by atoms with Crippen molar-refractivity contribution in [2.75, 3.05) is 0 Å². The molecule has 28 heavy (non-hydrogen) atoms. The zero-order valence-corrected chi connectivity index (χ0v) is 18.0. The van der Waals surface area contributed by atoms with Gasteiger partial charge in [0.05, 0.1) is 0 Å². The van der Waals surface area contributed by atoms with E-state index in [9.17, 15) is 0 Å². The van der Waals surface area contributed by atoms with E-state index in [2.05, 4.69) is 111 Å². The lowest BCUT2D eigenvalue weighted by molar-refractivity contribution is -0.661. The van der Waals surface area contributed by atoms with Crippen molar-refractivity contribution in [3.05, 3.63) is 71.0 Å². The van der Waals surface area contributed by atoms with Crippen molar-refractivity contribution >= 4 is 10.8 Å². The van der Waals surface area contributed by atoms with Gasteiger partial charge in [0.25, 0.3) is 0 Å². The molecule has 0 fully saturated rings. The second kappa shape index (κ2) is 6.59. The first kappa shape index (κ1) is 18.4. The zero-order chi connectivity index (χ0) is 20.2. The van der Waals surface area contributed by atoms with Crippen LogP contribution in [0.3, 0.4) is 0 Å². The van der Waals surface area contributed by atoms with E-state index in [0.717, 1.165) is 0 Å². The molecule has 0 atom stereocenters. The van der Waals surface area contributed by atoms with Crippen molar-refractivity contribution in [1.82, 2.24) is 4.57 Å². The molecule has 0 radical (unpaired) electrons. The Bertz CT molecular complexity index is 1090. The Hall–Kier alpha value is -2.94. The van der Waals surface area contributed by atoms with Gasteiger partial charge in [-0.2, -0.15) is 9.13 Å². The monoisotopic (exact) mass is 371 g/mol. The number of aromatic nitrogens is 3. The summed E-state index contributed by atoms with van der Waals surface area (Å²) >= 11 is 0. The van der Waals surface area contributed by atoms with Crippen LogP contribution in [0.1, 0.15) is 22.3 Å². The summed E-state index contributed by atoms with van der Waals surface area (Å²) in [5.74, 6) is 0. The maximum atomic E-state index is 2.38. The van der Waals surface area contributed by atoms with Crippen LogP contribution in [0.25, 0.3) is 33.5 Å². The number of rotatable bonds is 2. The fraction of sp³-hybridized carbons (Fsp3) is 0.280. The van der Waals surface area contributed by atoms with E-state index in [-0.39, 0.29) is 0 Å². The Morgan fingerprint density at radius 3 is 1.43 bits per heavy atom. The summed E-state index contributed by atoms with van der Waals surface area (Å²) < 4.78 is 6.90. The number of hydrogen-bond acceptors (Lipinski definition) is 0. The molecule has 1 aromatic carbocycles. The van der Waals surface area contributed by atoms with E-state index in [1.807, 2.05) is 0 Å². The fourth-order valence-electron chi connectivity index (χ4n) is 4.84. The molecule has 0 amide bonds. The Morgan fingerprint density at radius 2 is 1.07 bits per heavy atom. The molecule has 0 aliphatic carbocycles. The topological polar surface area (TPSA) is 12.7 Å². The SMILES string of the molecule is Cc1cc(C)c(-c2c3ccccc3c(-c3c(C)cc(C)c[n+]3C)n2C)[n+](C)c1. The van der Waals surface area contributed by atoms with E-state index in [4.69, 9.17) is 0 Å². The van der Waals surface area contributed by atoms with Gasteiger partial charge in [0.1, 0.15) is 25.5 Å². The molecule has 0 bridgehead atoms. The molecule has 3 heterocycles. The third kappa shape index (κ3) is 2.73. The first-order chi connectivity index (χ1) is 13.3. The van der Waals surface area contributed by atoms with Crippen LogP contribution in [0.15, 0.2) is 48.8 Å². The Kier molecular flexibility index (Phi) is 4.34. The predicted molar refractivity (Wildman–Crippen MR) is 115 cm³/mol. The van der Waals surface area contributed by atoms with Crippen LogP contribution in [-0.4, -0.2) is 4.57 Å². The van der Waals surface area contributed by atoms with Crippen LogP contribution in [0.5, 0.6) is 0 Å². The van der Waals surface area contributed by atoms with Crippen molar-refractivity contribution < 1.29 is 9.13 Å².